The van der Waals surface area contributed by atoms with Crippen molar-refractivity contribution in [2.45, 2.75) is 19.9 Å². The van der Waals surface area contributed by atoms with E-state index in [0.717, 1.165) is 0 Å². The number of hydrogen-bond donors (Lipinski definition) is 3. The Balaban J connectivity index is 2.48. The van der Waals surface area contributed by atoms with E-state index >= 15 is 0 Å². The average Bonchev–Trinajstić information content (AvgIpc) is 2.15. The van der Waals surface area contributed by atoms with Crippen molar-refractivity contribution in [1.29, 1.82) is 0 Å². The first-order valence-corrected chi connectivity index (χ1v) is 4.66. The number of carbonyl (C=O) groups excluding carboxylic acids is 1. The molecule has 0 atom stereocenters. The summed E-state index contributed by atoms with van der Waals surface area (Å²) >= 11 is 0. The van der Waals surface area contributed by atoms with Crippen LogP contribution in [0, 0.1) is 0 Å². The molecule has 0 aromatic carbocycles. The van der Waals surface area contributed by atoms with Crippen molar-refractivity contribution in [2.75, 3.05) is 11.9 Å². The molecule has 1 heterocycles. The van der Waals surface area contributed by atoms with Crippen LogP contribution in [0.2, 0.25) is 0 Å². The van der Waals surface area contributed by atoms with Crippen molar-refractivity contribution >= 4 is 11.7 Å². The van der Waals surface area contributed by atoms with Crippen molar-refractivity contribution in [3.8, 4) is 0 Å². The van der Waals surface area contributed by atoms with Gasteiger partial charge in [0, 0.05) is 18.4 Å². The third kappa shape index (κ3) is 3.80. The summed E-state index contributed by atoms with van der Waals surface area (Å²) in [6, 6.07) is 0.0846. The van der Waals surface area contributed by atoms with Gasteiger partial charge in [0.1, 0.15) is 0 Å². The first kappa shape index (κ1) is 11.2. The van der Waals surface area contributed by atoms with Gasteiger partial charge in [-0.15, -0.1) is 0 Å². The molecule has 0 aliphatic heterocycles. The average molecular weight is 210 g/mol. The third-order valence-corrected chi connectivity index (χ3v) is 1.57. The van der Waals surface area contributed by atoms with Gasteiger partial charge in [-0.2, -0.15) is 0 Å². The number of carbonyl (C=O) groups is 1. The normalized spacial score (nSPS) is 10.1. The van der Waals surface area contributed by atoms with Crippen LogP contribution in [0.15, 0.2) is 17.2 Å². The maximum Gasteiger partial charge on any atom is 0.290 e. The molecule has 15 heavy (non-hydrogen) atoms. The number of rotatable bonds is 4. The van der Waals surface area contributed by atoms with Gasteiger partial charge in [0.15, 0.2) is 5.82 Å². The fourth-order valence-corrected chi connectivity index (χ4v) is 1.01. The van der Waals surface area contributed by atoms with E-state index in [2.05, 4.69) is 20.6 Å². The molecule has 1 aromatic rings. The van der Waals surface area contributed by atoms with Gasteiger partial charge < -0.3 is 15.6 Å². The highest BCUT2D eigenvalue weighted by Gasteiger charge is 2.04. The molecule has 0 spiro atoms. The Morgan fingerprint density at radius 3 is 2.93 bits per heavy atom. The van der Waals surface area contributed by atoms with Crippen LogP contribution in [0.1, 0.15) is 13.8 Å². The van der Waals surface area contributed by atoms with Crippen molar-refractivity contribution in [3.63, 3.8) is 0 Å². The predicted molar refractivity (Wildman–Crippen MR) is 56.6 cm³/mol. The highest BCUT2D eigenvalue weighted by Crippen LogP contribution is 1.88. The Bertz CT molecular complexity index is 386. The Kier molecular flexibility index (Phi) is 3.84. The standard InChI is InChI=1S/C9H14N4O2/c1-6(2)13-7(14)5-12-8-9(15)11-4-3-10-8/h3-4,6H,5H2,1-2H3,(H,10,12)(H,11,15)(H,13,14). The topological polar surface area (TPSA) is 86.9 Å². The van der Waals surface area contributed by atoms with Crippen LogP contribution in [0.4, 0.5) is 5.82 Å². The lowest BCUT2D eigenvalue weighted by Gasteiger charge is -2.08. The number of nitrogens with one attached hydrogen (secondary N) is 3. The molecule has 6 heteroatoms. The molecule has 0 saturated carbocycles. The summed E-state index contributed by atoms with van der Waals surface area (Å²) in [5.74, 6) is -0.0218. The van der Waals surface area contributed by atoms with Crippen molar-refractivity contribution in [2.24, 2.45) is 0 Å². The fourth-order valence-electron chi connectivity index (χ4n) is 1.01. The van der Waals surface area contributed by atoms with Gasteiger partial charge in [0.2, 0.25) is 5.91 Å². The SMILES string of the molecule is CC(C)NC(=O)CNc1ncc[nH]c1=O. The van der Waals surface area contributed by atoms with Crippen molar-refractivity contribution in [1.82, 2.24) is 15.3 Å². The summed E-state index contributed by atoms with van der Waals surface area (Å²) in [6.07, 6.45) is 2.88. The van der Waals surface area contributed by atoms with E-state index in [-0.39, 0.29) is 29.9 Å². The summed E-state index contributed by atoms with van der Waals surface area (Å²) in [6.45, 7) is 3.77. The minimum absolute atomic E-state index is 0.0400. The van der Waals surface area contributed by atoms with Gasteiger partial charge in [-0.05, 0) is 13.8 Å². The smallest absolute Gasteiger partial charge is 0.290 e. The van der Waals surface area contributed by atoms with Crippen LogP contribution >= 0.6 is 0 Å². The van der Waals surface area contributed by atoms with E-state index < -0.39 is 0 Å². The number of aromatic amines is 1. The number of H-pyrrole nitrogens is 1. The Morgan fingerprint density at radius 1 is 1.60 bits per heavy atom. The zero-order chi connectivity index (χ0) is 11.3. The highest BCUT2D eigenvalue weighted by molar-refractivity contribution is 5.80. The number of aromatic nitrogens is 2. The summed E-state index contributed by atoms with van der Waals surface area (Å²) < 4.78 is 0. The molecule has 0 saturated heterocycles. The molecule has 0 aliphatic carbocycles. The first-order valence-electron chi connectivity index (χ1n) is 4.66. The first-order chi connectivity index (χ1) is 7.09. The van der Waals surface area contributed by atoms with Crippen LogP contribution in [0.25, 0.3) is 0 Å². The third-order valence-electron chi connectivity index (χ3n) is 1.57. The monoisotopic (exact) mass is 210 g/mol. The van der Waals surface area contributed by atoms with Crippen LogP contribution < -0.4 is 16.2 Å². The molecule has 6 nitrogen and oxygen atoms in total. The van der Waals surface area contributed by atoms with Crippen LogP contribution in [0.5, 0.6) is 0 Å². The van der Waals surface area contributed by atoms with Gasteiger partial charge in [-0.25, -0.2) is 4.98 Å². The predicted octanol–water partition coefficient (Wildman–Crippen LogP) is -0.294. The van der Waals surface area contributed by atoms with E-state index in [1.165, 1.54) is 12.4 Å². The van der Waals surface area contributed by atoms with E-state index in [1.54, 1.807) is 0 Å². The van der Waals surface area contributed by atoms with Gasteiger partial charge in [-0.3, -0.25) is 9.59 Å². The van der Waals surface area contributed by atoms with Crippen LogP contribution in [-0.4, -0.2) is 28.5 Å². The number of nitrogens with zero attached hydrogens (tertiary/aromatic N) is 1. The van der Waals surface area contributed by atoms with Crippen LogP contribution in [0.3, 0.4) is 0 Å². The van der Waals surface area contributed by atoms with E-state index in [9.17, 15) is 9.59 Å². The van der Waals surface area contributed by atoms with Gasteiger partial charge >= 0.3 is 0 Å². The summed E-state index contributed by atoms with van der Waals surface area (Å²) in [4.78, 5) is 28.6. The largest absolute Gasteiger partial charge is 0.356 e. The molecule has 0 unspecified atom stereocenters. The van der Waals surface area contributed by atoms with Gasteiger partial charge in [0.05, 0.1) is 6.54 Å². The lowest BCUT2D eigenvalue weighted by molar-refractivity contribution is -0.119. The minimum atomic E-state index is -0.338. The van der Waals surface area contributed by atoms with Gasteiger partial charge in [0.25, 0.3) is 5.56 Å². The molecule has 0 aliphatic rings. The second kappa shape index (κ2) is 5.14. The Labute approximate surface area is 87.1 Å². The van der Waals surface area contributed by atoms with Crippen LogP contribution in [-0.2, 0) is 4.79 Å². The van der Waals surface area contributed by atoms with Gasteiger partial charge in [-0.1, -0.05) is 0 Å². The second-order valence-corrected chi connectivity index (χ2v) is 3.34. The van der Waals surface area contributed by atoms with E-state index in [4.69, 9.17) is 0 Å². The molecule has 82 valence electrons. The Hall–Kier alpha value is -1.85. The summed E-state index contributed by atoms with van der Waals surface area (Å²) in [5.41, 5.74) is -0.338. The lowest BCUT2D eigenvalue weighted by atomic mass is 10.4. The molecule has 1 amide bonds. The number of amides is 1. The molecule has 1 rings (SSSR count). The molecule has 0 bridgehead atoms. The summed E-state index contributed by atoms with van der Waals surface area (Å²) in [5, 5.41) is 5.34. The quantitative estimate of drug-likeness (QED) is 0.637. The second-order valence-electron chi connectivity index (χ2n) is 3.34. The Morgan fingerprint density at radius 2 is 2.33 bits per heavy atom. The highest BCUT2D eigenvalue weighted by atomic mass is 16.2. The maximum atomic E-state index is 11.2. The van der Waals surface area contributed by atoms with Crippen molar-refractivity contribution in [3.05, 3.63) is 22.7 Å². The molecular formula is C9H14N4O2. The fraction of sp³-hybridized carbons (Fsp3) is 0.444. The lowest BCUT2D eigenvalue weighted by Crippen LogP contribution is -2.35. The molecular weight excluding hydrogens is 196 g/mol. The van der Waals surface area contributed by atoms with E-state index in [0.29, 0.717) is 0 Å². The molecule has 0 radical (unpaired) electrons. The zero-order valence-electron chi connectivity index (χ0n) is 8.70. The minimum Gasteiger partial charge on any atom is -0.356 e. The molecule has 0 fully saturated rings. The van der Waals surface area contributed by atoms with Crippen molar-refractivity contribution < 1.29 is 4.79 Å². The number of anilines is 1. The molecule has 3 N–H and O–H groups in total. The summed E-state index contributed by atoms with van der Waals surface area (Å²) in [7, 11) is 0. The zero-order valence-corrected chi connectivity index (χ0v) is 8.70. The maximum absolute atomic E-state index is 11.2. The van der Waals surface area contributed by atoms with E-state index in [1.807, 2.05) is 13.8 Å². The molecule has 1 aromatic heterocycles. The number of hydrogen-bond acceptors (Lipinski definition) is 4.